The van der Waals surface area contributed by atoms with Crippen LogP contribution in [-0.4, -0.2) is 17.2 Å². The van der Waals surface area contributed by atoms with Crippen LogP contribution in [0.5, 0.6) is 0 Å². The zero-order valence-corrected chi connectivity index (χ0v) is 14.8. The first-order chi connectivity index (χ1) is 10.6. The molecule has 0 atom stereocenters. The topological polar surface area (TPSA) is 20.2 Å². The predicted molar refractivity (Wildman–Crippen MR) is 101 cm³/mol. The fourth-order valence-electron chi connectivity index (χ4n) is 3.33. The Labute approximate surface area is 135 Å². The number of rotatable bonds is 8. The van der Waals surface area contributed by atoms with Crippen molar-refractivity contribution in [1.82, 2.24) is 0 Å². The van der Waals surface area contributed by atoms with Crippen molar-refractivity contribution in [2.75, 3.05) is 12.3 Å². The van der Waals surface area contributed by atoms with Gasteiger partial charge in [-0.3, -0.25) is 0 Å². The molecule has 0 aliphatic heterocycles. The monoisotopic (exact) mass is 316 g/mol. The van der Waals surface area contributed by atoms with Crippen LogP contribution in [0.3, 0.4) is 0 Å². The molecule has 0 spiro atoms. The first-order valence-electron chi connectivity index (χ1n) is 8.52. The van der Waals surface area contributed by atoms with E-state index in [2.05, 4.69) is 62.4 Å². The molecular weight excluding hydrogens is 287 g/mol. The van der Waals surface area contributed by atoms with Gasteiger partial charge in [0.1, 0.15) is 0 Å². The van der Waals surface area contributed by atoms with Gasteiger partial charge in [0.2, 0.25) is 0 Å². The van der Waals surface area contributed by atoms with E-state index in [-0.39, 0.29) is 0 Å². The SMILES string of the molecule is CCCCP(O)(CCCC)(c1ccccc1)c1ccccc1. The van der Waals surface area contributed by atoms with Gasteiger partial charge in [0.25, 0.3) is 0 Å². The second-order valence-corrected chi connectivity index (χ2v) is 11.1. The number of hydrogen-bond donors (Lipinski definition) is 1. The molecule has 0 saturated carbocycles. The van der Waals surface area contributed by atoms with E-state index < -0.39 is 6.83 Å². The Balaban J connectivity index is 2.63. The molecule has 0 aliphatic rings. The first-order valence-corrected chi connectivity index (χ1v) is 11.1. The van der Waals surface area contributed by atoms with E-state index in [4.69, 9.17) is 0 Å². The maximum absolute atomic E-state index is 12.3. The summed E-state index contributed by atoms with van der Waals surface area (Å²) in [6, 6.07) is 20.9. The summed E-state index contributed by atoms with van der Waals surface area (Å²) in [7, 11) is 0. The third-order valence-corrected chi connectivity index (χ3v) is 10.3. The van der Waals surface area contributed by atoms with E-state index in [0.717, 1.165) is 48.6 Å². The summed E-state index contributed by atoms with van der Waals surface area (Å²) in [6.45, 7) is 1.32. The molecule has 120 valence electrons. The van der Waals surface area contributed by atoms with Crippen molar-refractivity contribution in [3.63, 3.8) is 0 Å². The summed E-state index contributed by atoms with van der Waals surface area (Å²) < 4.78 is 0. The van der Waals surface area contributed by atoms with Crippen molar-refractivity contribution in [2.45, 2.75) is 39.5 Å². The summed E-state index contributed by atoms with van der Waals surface area (Å²) in [5, 5.41) is 2.31. The predicted octanol–water partition coefficient (Wildman–Crippen LogP) is 4.70. The summed E-state index contributed by atoms with van der Waals surface area (Å²) in [5.41, 5.74) is 0. The second-order valence-electron chi connectivity index (χ2n) is 6.28. The molecule has 1 nitrogen and oxygen atoms in total. The van der Waals surface area contributed by atoms with Gasteiger partial charge in [-0.05, 0) is 0 Å². The first kappa shape index (κ1) is 17.2. The zero-order valence-electron chi connectivity index (χ0n) is 13.9. The van der Waals surface area contributed by atoms with Crippen LogP contribution in [0.2, 0.25) is 0 Å². The Morgan fingerprint density at radius 1 is 0.682 bits per heavy atom. The van der Waals surface area contributed by atoms with Crippen LogP contribution in [0.25, 0.3) is 0 Å². The molecule has 0 aliphatic carbocycles. The van der Waals surface area contributed by atoms with E-state index in [1.807, 2.05) is 12.1 Å². The normalized spacial score (nSPS) is 13.5. The summed E-state index contributed by atoms with van der Waals surface area (Å²) >= 11 is 0. The average Bonchev–Trinajstić information content (AvgIpc) is 2.60. The van der Waals surface area contributed by atoms with Crippen LogP contribution in [0.4, 0.5) is 0 Å². The van der Waals surface area contributed by atoms with Crippen LogP contribution in [0.1, 0.15) is 39.5 Å². The number of benzene rings is 2. The van der Waals surface area contributed by atoms with Gasteiger partial charge in [-0.15, -0.1) is 0 Å². The molecule has 0 bridgehead atoms. The van der Waals surface area contributed by atoms with E-state index in [1.54, 1.807) is 0 Å². The molecular formula is C20H29OP. The fourth-order valence-corrected chi connectivity index (χ4v) is 8.64. The maximum atomic E-state index is 12.3. The van der Waals surface area contributed by atoms with Crippen LogP contribution >= 0.6 is 6.83 Å². The van der Waals surface area contributed by atoms with Crippen LogP contribution in [-0.2, 0) is 0 Å². The van der Waals surface area contributed by atoms with Gasteiger partial charge in [0.15, 0.2) is 0 Å². The summed E-state index contributed by atoms with van der Waals surface area (Å²) in [4.78, 5) is 12.3. The molecule has 0 aromatic heterocycles. The third-order valence-electron chi connectivity index (χ3n) is 4.72. The Morgan fingerprint density at radius 3 is 1.36 bits per heavy atom. The minimum absolute atomic E-state index is 0.899. The molecule has 1 N–H and O–H groups in total. The van der Waals surface area contributed by atoms with Gasteiger partial charge < -0.3 is 0 Å². The molecule has 2 rings (SSSR count). The standard InChI is InChI=1S/C20H29OP/c1-3-5-17-22(21,18-6-4-2,19-13-9-7-10-14-19)20-15-11-8-12-16-20/h7-16,21H,3-6,17-18H2,1-2H3. The molecule has 0 saturated heterocycles. The average molecular weight is 316 g/mol. The van der Waals surface area contributed by atoms with Gasteiger partial charge in [-0.1, -0.05) is 0 Å². The summed E-state index contributed by atoms with van der Waals surface area (Å²) in [5.74, 6) is 0. The molecule has 0 heterocycles. The van der Waals surface area contributed by atoms with Gasteiger partial charge in [0, 0.05) is 0 Å². The molecule has 2 heteroatoms. The fraction of sp³-hybridized carbons (Fsp3) is 0.400. The molecule has 0 unspecified atom stereocenters. The van der Waals surface area contributed by atoms with Crippen molar-refractivity contribution >= 4 is 17.4 Å². The molecule has 22 heavy (non-hydrogen) atoms. The molecule has 2 aromatic rings. The van der Waals surface area contributed by atoms with Crippen LogP contribution in [0.15, 0.2) is 60.7 Å². The molecule has 0 amide bonds. The zero-order chi connectivity index (χ0) is 15.9. The molecule has 0 radical (unpaired) electrons. The Kier molecular flexibility index (Phi) is 5.78. The van der Waals surface area contributed by atoms with E-state index in [1.165, 1.54) is 0 Å². The Bertz CT molecular complexity index is 513. The minimum atomic E-state index is -3.09. The number of unbranched alkanes of at least 4 members (excludes halogenated alkanes) is 2. The molecule has 2 aromatic carbocycles. The van der Waals surface area contributed by atoms with Crippen molar-refractivity contribution in [3.8, 4) is 0 Å². The Morgan fingerprint density at radius 2 is 1.05 bits per heavy atom. The van der Waals surface area contributed by atoms with E-state index >= 15 is 0 Å². The van der Waals surface area contributed by atoms with Crippen LogP contribution in [0, 0.1) is 0 Å². The summed E-state index contributed by atoms with van der Waals surface area (Å²) in [6.07, 6.45) is 6.17. The van der Waals surface area contributed by atoms with Crippen molar-refractivity contribution in [1.29, 1.82) is 0 Å². The van der Waals surface area contributed by atoms with Gasteiger partial charge in [-0.25, -0.2) is 0 Å². The van der Waals surface area contributed by atoms with E-state index in [0.29, 0.717) is 0 Å². The van der Waals surface area contributed by atoms with Crippen molar-refractivity contribution in [3.05, 3.63) is 60.7 Å². The quantitative estimate of drug-likeness (QED) is 0.700. The third kappa shape index (κ3) is 3.26. The van der Waals surface area contributed by atoms with Gasteiger partial charge >= 0.3 is 135 Å². The van der Waals surface area contributed by atoms with Gasteiger partial charge in [-0.2, -0.15) is 0 Å². The van der Waals surface area contributed by atoms with Crippen LogP contribution < -0.4 is 10.6 Å². The van der Waals surface area contributed by atoms with Crippen molar-refractivity contribution in [2.24, 2.45) is 0 Å². The number of hydrogen-bond acceptors (Lipinski definition) is 1. The molecule has 0 fully saturated rings. The Hall–Kier alpha value is -1.17. The second kappa shape index (κ2) is 7.40. The van der Waals surface area contributed by atoms with Gasteiger partial charge in [0.05, 0.1) is 0 Å². The van der Waals surface area contributed by atoms with E-state index in [9.17, 15) is 4.89 Å². The van der Waals surface area contributed by atoms with Crippen molar-refractivity contribution < 1.29 is 4.89 Å².